The van der Waals surface area contributed by atoms with Crippen LogP contribution in [0.15, 0.2) is 42.5 Å². The molecule has 0 heterocycles. The number of anilines is 1. The van der Waals surface area contributed by atoms with Crippen LogP contribution in [-0.4, -0.2) is 17.4 Å². The highest BCUT2D eigenvalue weighted by Crippen LogP contribution is 2.19. The Hall–Kier alpha value is -2.80. The predicted octanol–water partition coefficient (Wildman–Crippen LogP) is 3.08. The molecule has 0 unspecified atom stereocenters. The number of ether oxygens (including phenoxy) is 1. The van der Waals surface area contributed by atoms with Crippen molar-refractivity contribution in [1.82, 2.24) is 5.43 Å². The highest BCUT2D eigenvalue weighted by molar-refractivity contribution is 6.31. The third kappa shape index (κ3) is 4.86. The quantitative estimate of drug-likeness (QED) is 0.625. The van der Waals surface area contributed by atoms with Gasteiger partial charge in [-0.15, -0.1) is 0 Å². The number of benzene rings is 2. The van der Waals surface area contributed by atoms with Gasteiger partial charge in [-0.05, 0) is 36.8 Å². The van der Waals surface area contributed by atoms with Gasteiger partial charge in [0.25, 0.3) is 11.6 Å². The molecule has 0 saturated carbocycles. The van der Waals surface area contributed by atoms with E-state index >= 15 is 0 Å². The molecule has 0 spiro atoms. The highest BCUT2D eigenvalue weighted by atomic mass is 35.5. The van der Waals surface area contributed by atoms with E-state index in [0.29, 0.717) is 16.5 Å². The lowest BCUT2D eigenvalue weighted by atomic mass is 10.2. The molecule has 0 aliphatic rings. The van der Waals surface area contributed by atoms with E-state index in [0.717, 1.165) is 5.56 Å². The van der Waals surface area contributed by atoms with E-state index in [1.54, 1.807) is 12.1 Å². The number of hydrogen-bond donors (Lipinski definition) is 2. The van der Waals surface area contributed by atoms with Crippen LogP contribution in [-0.2, 0) is 4.79 Å². The SMILES string of the molecule is Cc1ccc(NNC(=O)COc2ccc([N+](=O)[O-])cc2)cc1Cl. The van der Waals surface area contributed by atoms with E-state index in [1.807, 2.05) is 13.0 Å². The van der Waals surface area contributed by atoms with Crippen molar-refractivity contribution < 1.29 is 14.5 Å². The van der Waals surface area contributed by atoms with Crippen LogP contribution in [0.25, 0.3) is 0 Å². The molecule has 0 radical (unpaired) electrons. The first-order valence-electron chi connectivity index (χ1n) is 6.64. The molecule has 2 N–H and O–H groups in total. The lowest BCUT2D eigenvalue weighted by Gasteiger charge is -2.10. The summed E-state index contributed by atoms with van der Waals surface area (Å²) in [7, 11) is 0. The molecule has 0 saturated heterocycles. The van der Waals surface area contributed by atoms with Crippen LogP contribution in [0, 0.1) is 17.0 Å². The van der Waals surface area contributed by atoms with Gasteiger partial charge in [-0.1, -0.05) is 17.7 Å². The van der Waals surface area contributed by atoms with E-state index in [1.165, 1.54) is 24.3 Å². The predicted molar refractivity (Wildman–Crippen MR) is 86.5 cm³/mol. The van der Waals surface area contributed by atoms with Crippen molar-refractivity contribution in [3.63, 3.8) is 0 Å². The van der Waals surface area contributed by atoms with Gasteiger partial charge in [0.1, 0.15) is 5.75 Å². The molecular formula is C15H14ClN3O4. The number of hydrazine groups is 1. The molecule has 0 aliphatic carbocycles. The molecule has 0 atom stereocenters. The maximum Gasteiger partial charge on any atom is 0.276 e. The summed E-state index contributed by atoms with van der Waals surface area (Å²) < 4.78 is 5.23. The van der Waals surface area contributed by atoms with Crippen molar-refractivity contribution in [1.29, 1.82) is 0 Å². The van der Waals surface area contributed by atoms with Gasteiger partial charge in [0, 0.05) is 17.2 Å². The zero-order chi connectivity index (χ0) is 16.8. The Morgan fingerprint density at radius 2 is 1.96 bits per heavy atom. The van der Waals surface area contributed by atoms with Gasteiger partial charge in [0.2, 0.25) is 0 Å². The minimum Gasteiger partial charge on any atom is -0.484 e. The van der Waals surface area contributed by atoms with Gasteiger partial charge in [-0.2, -0.15) is 0 Å². The summed E-state index contributed by atoms with van der Waals surface area (Å²) in [5, 5.41) is 11.1. The Morgan fingerprint density at radius 1 is 1.26 bits per heavy atom. The monoisotopic (exact) mass is 335 g/mol. The first-order chi connectivity index (χ1) is 11.0. The molecule has 2 rings (SSSR count). The fourth-order valence-corrected chi connectivity index (χ4v) is 1.84. The number of nitrogens with zero attached hydrogens (tertiary/aromatic N) is 1. The zero-order valence-corrected chi connectivity index (χ0v) is 13.0. The van der Waals surface area contributed by atoms with Crippen molar-refractivity contribution >= 4 is 28.9 Å². The summed E-state index contributed by atoms with van der Waals surface area (Å²) in [6.45, 7) is 1.65. The summed E-state index contributed by atoms with van der Waals surface area (Å²) in [5.74, 6) is -0.0378. The number of halogens is 1. The van der Waals surface area contributed by atoms with Crippen molar-refractivity contribution in [2.24, 2.45) is 0 Å². The van der Waals surface area contributed by atoms with Gasteiger partial charge in [0.15, 0.2) is 6.61 Å². The molecule has 0 fully saturated rings. The number of non-ortho nitro benzene ring substituents is 1. The summed E-state index contributed by atoms with van der Waals surface area (Å²) in [6, 6.07) is 10.8. The number of rotatable bonds is 6. The second-order valence-corrected chi connectivity index (χ2v) is 5.08. The standard InChI is InChI=1S/C15H14ClN3O4/c1-10-2-3-11(8-14(10)16)17-18-15(20)9-23-13-6-4-12(5-7-13)19(21)22/h2-8,17H,9H2,1H3,(H,18,20). The van der Waals surface area contributed by atoms with Crippen molar-refractivity contribution in [2.45, 2.75) is 6.92 Å². The van der Waals surface area contributed by atoms with E-state index in [4.69, 9.17) is 16.3 Å². The first-order valence-corrected chi connectivity index (χ1v) is 7.02. The highest BCUT2D eigenvalue weighted by Gasteiger charge is 2.06. The second kappa shape index (κ2) is 7.46. The molecule has 1 amide bonds. The molecule has 2 aromatic rings. The topological polar surface area (TPSA) is 93.5 Å². The average molecular weight is 336 g/mol. The fraction of sp³-hybridized carbons (Fsp3) is 0.133. The first kappa shape index (κ1) is 16.6. The number of nitro benzene ring substituents is 1. The zero-order valence-electron chi connectivity index (χ0n) is 12.2. The number of hydrogen-bond acceptors (Lipinski definition) is 5. The molecule has 7 nitrogen and oxygen atoms in total. The van der Waals surface area contributed by atoms with Crippen LogP contribution < -0.4 is 15.6 Å². The molecule has 0 aliphatic heterocycles. The Kier molecular flexibility index (Phi) is 5.37. The number of carbonyl (C=O) groups is 1. The fourth-order valence-electron chi connectivity index (χ4n) is 1.66. The van der Waals surface area contributed by atoms with Crippen molar-refractivity contribution in [2.75, 3.05) is 12.0 Å². The summed E-state index contributed by atoms with van der Waals surface area (Å²) in [4.78, 5) is 21.7. The van der Waals surface area contributed by atoms with Crippen LogP contribution in [0.3, 0.4) is 0 Å². The van der Waals surface area contributed by atoms with Gasteiger partial charge in [0.05, 0.1) is 10.6 Å². The van der Waals surface area contributed by atoms with Crippen LogP contribution in [0.5, 0.6) is 5.75 Å². The van der Waals surface area contributed by atoms with Crippen LogP contribution >= 0.6 is 11.6 Å². The van der Waals surface area contributed by atoms with Crippen LogP contribution in [0.1, 0.15) is 5.56 Å². The van der Waals surface area contributed by atoms with Crippen LogP contribution in [0.2, 0.25) is 5.02 Å². The average Bonchev–Trinajstić information content (AvgIpc) is 2.54. The van der Waals surface area contributed by atoms with Gasteiger partial charge >= 0.3 is 0 Å². The Morgan fingerprint density at radius 3 is 2.57 bits per heavy atom. The molecule has 2 aromatic carbocycles. The lowest BCUT2D eigenvalue weighted by Crippen LogP contribution is -2.33. The third-order valence-electron chi connectivity index (χ3n) is 2.94. The maximum atomic E-state index is 11.7. The molecule has 120 valence electrons. The van der Waals surface area contributed by atoms with E-state index in [2.05, 4.69) is 10.9 Å². The Labute approximate surface area is 137 Å². The number of carbonyl (C=O) groups excluding carboxylic acids is 1. The van der Waals surface area contributed by atoms with E-state index in [9.17, 15) is 14.9 Å². The summed E-state index contributed by atoms with van der Waals surface area (Å²) in [5.41, 5.74) is 6.72. The van der Waals surface area contributed by atoms with E-state index in [-0.39, 0.29) is 12.3 Å². The second-order valence-electron chi connectivity index (χ2n) is 4.68. The van der Waals surface area contributed by atoms with Gasteiger partial charge in [-0.3, -0.25) is 25.8 Å². The van der Waals surface area contributed by atoms with Crippen LogP contribution in [0.4, 0.5) is 11.4 Å². The Balaban J connectivity index is 1.80. The van der Waals surface area contributed by atoms with Gasteiger partial charge in [-0.25, -0.2) is 0 Å². The van der Waals surface area contributed by atoms with Crippen molar-refractivity contribution in [3.05, 3.63) is 63.2 Å². The number of amides is 1. The number of nitro groups is 1. The maximum absolute atomic E-state index is 11.7. The smallest absolute Gasteiger partial charge is 0.276 e. The van der Waals surface area contributed by atoms with E-state index < -0.39 is 10.8 Å². The minimum absolute atomic E-state index is 0.0419. The van der Waals surface area contributed by atoms with Gasteiger partial charge < -0.3 is 4.74 Å². The normalized spacial score (nSPS) is 10.0. The Bertz CT molecular complexity index is 719. The number of aryl methyl sites for hydroxylation is 1. The molecule has 23 heavy (non-hydrogen) atoms. The summed E-state index contributed by atoms with van der Waals surface area (Å²) >= 11 is 5.98. The molecule has 8 heteroatoms. The molecular weight excluding hydrogens is 322 g/mol. The lowest BCUT2D eigenvalue weighted by molar-refractivity contribution is -0.384. The molecule has 0 aromatic heterocycles. The third-order valence-corrected chi connectivity index (χ3v) is 3.34. The number of nitrogens with one attached hydrogen (secondary N) is 2. The largest absolute Gasteiger partial charge is 0.484 e. The summed E-state index contributed by atoms with van der Waals surface area (Å²) in [6.07, 6.45) is 0. The van der Waals surface area contributed by atoms with Crippen molar-refractivity contribution in [3.8, 4) is 5.75 Å². The molecule has 0 bridgehead atoms. The minimum atomic E-state index is -0.507.